The lowest BCUT2D eigenvalue weighted by atomic mass is 9.80. The van der Waals surface area contributed by atoms with Crippen molar-refractivity contribution in [2.24, 2.45) is 0 Å². The van der Waals surface area contributed by atoms with Crippen molar-refractivity contribution < 1.29 is 4.74 Å². The third kappa shape index (κ3) is 2.07. The normalized spacial score (nSPS) is 18.8. The molecule has 0 saturated heterocycles. The lowest BCUT2D eigenvalue weighted by Crippen LogP contribution is -2.36. The lowest BCUT2D eigenvalue weighted by Gasteiger charge is -2.38. The average Bonchev–Trinajstić information content (AvgIpc) is 2.63. The molecule has 0 amide bonds. The van der Waals surface area contributed by atoms with Crippen molar-refractivity contribution in [3.8, 4) is 0 Å². The number of thiazole rings is 1. The van der Waals surface area contributed by atoms with E-state index in [1.165, 1.54) is 6.42 Å². The molecule has 1 heterocycles. The topological polar surface area (TPSA) is 34.1 Å². The molecule has 84 valence electrons. The van der Waals surface area contributed by atoms with Gasteiger partial charge >= 0.3 is 0 Å². The Kier molecular flexibility index (Phi) is 3.38. The highest BCUT2D eigenvalue weighted by Gasteiger charge is 2.41. The van der Waals surface area contributed by atoms with Crippen LogP contribution in [0.1, 0.15) is 36.9 Å². The number of hydrogen-bond acceptors (Lipinski definition) is 4. The molecule has 1 aromatic heterocycles. The van der Waals surface area contributed by atoms with E-state index < -0.39 is 0 Å². The highest BCUT2D eigenvalue weighted by atomic mass is 32.1. The second-order valence-corrected chi connectivity index (χ2v) is 4.83. The number of nitrogens with zero attached hydrogens (tertiary/aromatic N) is 1. The molecule has 0 bridgehead atoms. The van der Waals surface area contributed by atoms with Gasteiger partial charge in [-0.1, -0.05) is 6.92 Å². The summed E-state index contributed by atoms with van der Waals surface area (Å²) in [6.07, 6.45) is 3.51. The standard InChI is InChI=1S/C11H18N2OS/c1-3-12-7-9-8-15-10(13-9)11(14-2)5-4-6-11/h8,12H,3-7H2,1-2H3. The molecular weight excluding hydrogens is 208 g/mol. The van der Waals surface area contributed by atoms with E-state index in [-0.39, 0.29) is 5.60 Å². The van der Waals surface area contributed by atoms with Crippen LogP contribution >= 0.6 is 11.3 Å². The predicted octanol–water partition coefficient (Wildman–Crippen LogP) is 2.28. The molecule has 1 aromatic rings. The second kappa shape index (κ2) is 4.60. The largest absolute Gasteiger partial charge is 0.371 e. The molecule has 1 N–H and O–H groups in total. The Labute approximate surface area is 94.9 Å². The van der Waals surface area contributed by atoms with E-state index in [0.29, 0.717) is 0 Å². The van der Waals surface area contributed by atoms with Gasteiger partial charge in [-0.2, -0.15) is 0 Å². The maximum absolute atomic E-state index is 5.61. The van der Waals surface area contributed by atoms with Gasteiger partial charge in [0.05, 0.1) is 5.69 Å². The van der Waals surface area contributed by atoms with E-state index >= 15 is 0 Å². The van der Waals surface area contributed by atoms with Gasteiger partial charge in [0.2, 0.25) is 0 Å². The lowest BCUT2D eigenvalue weighted by molar-refractivity contribution is -0.0780. The molecule has 1 saturated carbocycles. The van der Waals surface area contributed by atoms with Gasteiger partial charge in [-0.3, -0.25) is 0 Å². The van der Waals surface area contributed by atoms with Gasteiger partial charge in [-0.05, 0) is 25.8 Å². The Morgan fingerprint density at radius 2 is 2.40 bits per heavy atom. The molecule has 0 spiro atoms. The first-order chi connectivity index (χ1) is 7.30. The summed E-state index contributed by atoms with van der Waals surface area (Å²) < 4.78 is 5.61. The Bertz CT molecular complexity index is 315. The first kappa shape index (κ1) is 11.0. The van der Waals surface area contributed by atoms with Crippen molar-refractivity contribution in [2.45, 2.75) is 38.3 Å². The van der Waals surface area contributed by atoms with Crippen LogP contribution in [0.25, 0.3) is 0 Å². The number of aromatic nitrogens is 1. The summed E-state index contributed by atoms with van der Waals surface area (Å²) in [6.45, 7) is 3.96. The number of nitrogens with one attached hydrogen (secondary N) is 1. The number of rotatable bonds is 5. The first-order valence-corrected chi connectivity index (χ1v) is 6.39. The molecule has 0 radical (unpaired) electrons. The molecule has 2 rings (SSSR count). The number of methoxy groups -OCH3 is 1. The van der Waals surface area contributed by atoms with Gasteiger partial charge in [0.1, 0.15) is 10.6 Å². The number of hydrogen-bond donors (Lipinski definition) is 1. The molecule has 3 nitrogen and oxygen atoms in total. The molecular formula is C11H18N2OS. The van der Waals surface area contributed by atoms with E-state index in [4.69, 9.17) is 4.74 Å². The SMILES string of the molecule is CCNCc1csc(C2(OC)CCC2)n1. The van der Waals surface area contributed by atoms with Crippen LogP contribution in [0.2, 0.25) is 0 Å². The molecule has 0 unspecified atom stereocenters. The fourth-order valence-electron chi connectivity index (χ4n) is 1.85. The van der Waals surface area contributed by atoms with Gasteiger partial charge in [0, 0.05) is 19.0 Å². The van der Waals surface area contributed by atoms with Crippen molar-refractivity contribution in [1.82, 2.24) is 10.3 Å². The second-order valence-electron chi connectivity index (χ2n) is 3.98. The quantitative estimate of drug-likeness (QED) is 0.836. The van der Waals surface area contributed by atoms with Gasteiger partial charge in [0.15, 0.2) is 0 Å². The fourth-order valence-corrected chi connectivity index (χ4v) is 2.91. The van der Waals surface area contributed by atoms with Crippen LogP contribution in [0.5, 0.6) is 0 Å². The molecule has 0 aliphatic heterocycles. The van der Waals surface area contributed by atoms with Gasteiger partial charge in [-0.25, -0.2) is 4.98 Å². The first-order valence-electron chi connectivity index (χ1n) is 5.51. The molecule has 15 heavy (non-hydrogen) atoms. The smallest absolute Gasteiger partial charge is 0.125 e. The van der Waals surface area contributed by atoms with E-state index in [0.717, 1.165) is 36.6 Å². The van der Waals surface area contributed by atoms with Crippen molar-refractivity contribution >= 4 is 11.3 Å². The van der Waals surface area contributed by atoms with Crippen molar-refractivity contribution in [3.63, 3.8) is 0 Å². The monoisotopic (exact) mass is 226 g/mol. The Morgan fingerprint density at radius 3 is 2.93 bits per heavy atom. The zero-order valence-electron chi connectivity index (χ0n) is 9.38. The van der Waals surface area contributed by atoms with Gasteiger partial charge < -0.3 is 10.1 Å². The van der Waals surface area contributed by atoms with Crippen LogP contribution in [-0.2, 0) is 16.9 Å². The van der Waals surface area contributed by atoms with Crippen molar-refractivity contribution in [3.05, 3.63) is 16.1 Å². The summed E-state index contributed by atoms with van der Waals surface area (Å²) in [7, 11) is 1.80. The Morgan fingerprint density at radius 1 is 1.60 bits per heavy atom. The minimum absolute atomic E-state index is 0.0465. The van der Waals surface area contributed by atoms with Crippen LogP contribution in [0, 0.1) is 0 Å². The fraction of sp³-hybridized carbons (Fsp3) is 0.727. The van der Waals surface area contributed by atoms with Crippen molar-refractivity contribution in [2.75, 3.05) is 13.7 Å². The summed E-state index contributed by atoms with van der Waals surface area (Å²) in [6, 6.07) is 0. The van der Waals surface area contributed by atoms with Crippen LogP contribution in [-0.4, -0.2) is 18.6 Å². The summed E-state index contributed by atoms with van der Waals surface area (Å²) >= 11 is 1.73. The molecule has 4 heteroatoms. The van der Waals surface area contributed by atoms with Crippen LogP contribution in [0.15, 0.2) is 5.38 Å². The molecule has 1 aliphatic rings. The Balaban J connectivity index is 2.05. The summed E-state index contributed by atoms with van der Waals surface area (Å²) in [4.78, 5) is 4.64. The number of ether oxygens (including phenoxy) is 1. The minimum atomic E-state index is -0.0465. The van der Waals surface area contributed by atoms with E-state index in [9.17, 15) is 0 Å². The minimum Gasteiger partial charge on any atom is -0.371 e. The maximum atomic E-state index is 5.61. The van der Waals surface area contributed by atoms with Crippen LogP contribution < -0.4 is 5.32 Å². The van der Waals surface area contributed by atoms with E-state index in [1.54, 1.807) is 18.4 Å². The summed E-state index contributed by atoms with van der Waals surface area (Å²) in [5.41, 5.74) is 1.09. The third-order valence-electron chi connectivity index (χ3n) is 3.05. The van der Waals surface area contributed by atoms with E-state index in [2.05, 4.69) is 22.6 Å². The highest BCUT2D eigenvalue weighted by molar-refractivity contribution is 7.09. The molecule has 1 aliphatic carbocycles. The predicted molar refractivity (Wildman–Crippen MR) is 62.0 cm³/mol. The maximum Gasteiger partial charge on any atom is 0.125 e. The third-order valence-corrected chi connectivity index (χ3v) is 4.13. The van der Waals surface area contributed by atoms with Gasteiger partial charge in [0.25, 0.3) is 0 Å². The zero-order valence-corrected chi connectivity index (χ0v) is 10.2. The highest BCUT2D eigenvalue weighted by Crippen LogP contribution is 2.45. The Hall–Kier alpha value is -0.450. The average molecular weight is 226 g/mol. The molecule has 0 atom stereocenters. The zero-order chi connectivity index (χ0) is 10.7. The summed E-state index contributed by atoms with van der Waals surface area (Å²) in [5.74, 6) is 0. The van der Waals surface area contributed by atoms with Crippen LogP contribution in [0.4, 0.5) is 0 Å². The molecule has 1 fully saturated rings. The van der Waals surface area contributed by atoms with E-state index in [1.807, 2.05) is 0 Å². The molecule has 0 aromatic carbocycles. The van der Waals surface area contributed by atoms with Gasteiger partial charge in [-0.15, -0.1) is 11.3 Å². The summed E-state index contributed by atoms with van der Waals surface area (Å²) in [5, 5.41) is 6.58. The van der Waals surface area contributed by atoms with Crippen LogP contribution in [0.3, 0.4) is 0 Å². The van der Waals surface area contributed by atoms with Crippen molar-refractivity contribution in [1.29, 1.82) is 0 Å².